The molecule has 1 atom stereocenters. The molecule has 0 bridgehead atoms. The standard InChI is InChI=1S/C9H12F2N2/c1-5(2)9(12)6-3-8(11)13-4-7(6)10/h3-5,9H,12H2,1-2H3/t9-/m1/s1. The highest BCUT2D eigenvalue weighted by Crippen LogP contribution is 2.21. The molecule has 1 aromatic heterocycles. The zero-order valence-electron chi connectivity index (χ0n) is 7.59. The topological polar surface area (TPSA) is 38.9 Å². The number of hydrogen-bond donors (Lipinski definition) is 1. The summed E-state index contributed by atoms with van der Waals surface area (Å²) in [6.07, 6.45) is 0.854. The van der Waals surface area contributed by atoms with Gasteiger partial charge in [-0.25, -0.2) is 9.37 Å². The van der Waals surface area contributed by atoms with E-state index in [-0.39, 0.29) is 11.5 Å². The summed E-state index contributed by atoms with van der Waals surface area (Å²) in [4.78, 5) is 3.18. The molecule has 2 nitrogen and oxygen atoms in total. The van der Waals surface area contributed by atoms with E-state index in [1.165, 1.54) is 0 Å². The summed E-state index contributed by atoms with van der Waals surface area (Å²) in [5.41, 5.74) is 5.86. The first-order chi connectivity index (χ1) is 6.02. The molecule has 0 aliphatic heterocycles. The van der Waals surface area contributed by atoms with Gasteiger partial charge >= 0.3 is 0 Å². The third-order valence-corrected chi connectivity index (χ3v) is 1.93. The number of pyridine rings is 1. The van der Waals surface area contributed by atoms with Crippen LogP contribution in [0.4, 0.5) is 8.78 Å². The molecule has 0 amide bonds. The van der Waals surface area contributed by atoms with Crippen LogP contribution in [0.5, 0.6) is 0 Å². The van der Waals surface area contributed by atoms with Crippen molar-refractivity contribution in [3.63, 3.8) is 0 Å². The molecular weight excluding hydrogens is 174 g/mol. The van der Waals surface area contributed by atoms with E-state index in [1.54, 1.807) is 0 Å². The van der Waals surface area contributed by atoms with Gasteiger partial charge in [-0.05, 0) is 5.92 Å². The number of nitrogens with two attached hydrogens (primary N) is 1. The molecule has 0 saturated carbocycles. The second-order valence-electron chi connectivity index (χ2n) is 3.30. The molecule has 0 saturated heterocycles. The summed E-state index contributed by atoms with van der Waals surface area (Å²) in [6.45, 7) is 3.70. The van der Waals surface area contributed by atoms with Crippen molar-refractivity contribution >= 4 is 0 Å². The summed E-state index contributed by atoms with van der Waals surface area (Å²) in [5, 5.41) is 0. The van der Waals surface area contributed by atoms with E-state index in [0.29, 0.717) is 0 Å². The van der Waals surface area contributed by atoms with Crippen molar-refractivity contribution in [3.8, 4) is 0 Å². The third kappa shape index (κ3) is 2.21. The quantitative estimate of drug-likeness (QED) is 0.717. The maximum atomic E-state index is 13.1. The lowest BCUT2D eigenvalue weighted by Crippen LogP contribution is -2.18. The Morgan fingerprint density at radius 2 is 2.00 bits per heavy atom. The summed E-state index contributed by atoms with van der Waals surface area (Å²) in [7, 11) is 0. The minimum absolute atomic E-state index is 0.0660. The molecule has 1 heterocycles. The van der Waals surface area contributed by atoms with E-state index >= 15 is 0 Å². The Labute approximate surface area is 75.8 Å². The fourth-order valence-corrected chi connectivity index (χ4v) is 1.04. The molecule has 0 unspecified atom stereocenters. The van der Waals surface area contributed by atoms with E-state index in [4.69, 9.17) is 5.73 Å². The Balaban J connectivity index is 3.05. The molecule has 0 aliphatic rings. The van der Waals surface area contributed by atoms with Gasteiger partial charge in [0.15, 0.2) is 0 Å². The number of hydrogen-bond acceptors (Lipinski definition) is 2. The van der Waals surface area contributed by atoms with E-state index in [1.807, 2.05) is 13.8 Å². The second-order valence-corrected chi connectivity index (χ2v) is 3.30. The van der Waals surface area contributed by atoms with Gasteiger partial charge in [-0.2, -0.15) is 4.39 Å². The van der Waals surface area contributed by atoms with Crippen LogP contribution in [-0.2, 0) is 0 Å². The van der Waals surface area contributed by atoms with Crippen molar-refractivity contribution in [1.82, 2.24) is 4.98 Å². The first-order valence-corrected chi connectivity index (χ1v) is 4.09. The predicted molar refractivity (Wildman–Crippen MR) is 45.9 cm³/mol. The molecule has 0 spiro atoms. The Morgan fingerprint density at radius 3 is 2.54 bits per heavy atom. The van der Waals surface area contributed by atoms with Crippen LogP contribution in [0.3, 0.4) is 0 Å². The first-order valence-electron chi connectivity index (χ1n) is 4.09. The number of nitrogens with zero attached hydrogens (tertiary/aromatic N) is 1. The van der Waals surface area contributed by atoms with Crippen LogP contribution in [0.2, 0.25) is 0 Å². The Bertz CT molecular complexity index is 300. The lowest BCUT2D eigenvalue weighted by molar-refractivity contribution is 0.472. The lowest BCUT2D eigenvalue weighted by Gasteiger charge is -2.16. The van der Waals surface area contributed by atoms with E-state index in [2.05, 4.69) is 4.98 Å². The third-order valence-electron chi connectivity index (χ3n) is 1.93. The molecule has 0 aliphatic carbocycles. The molecule has 4 heteroatoms. The molecule has 0 fully saturated rings. The van der Waals surface area contributed by atoms with Gasteiger partial charge in [-0.15, -0.1) is 0 Å². The van der Waals surface area contributed by atoms with Gasteiger partial charge in [0.05, 0.1) is 6.20 Å². The minimum Gasteiger partial charge on any atom is -0.324 e. The zero-order chi connectivity index (χ0) is 10.0. The largest absolute Gasteiger partial charge is 0.324 e. The monoisotopic (exact) mass is 186 g/mol. The van der Waals surface area contributed by atoms with E-state index in [9.17, 15) is 8.78 Å². The number of halogens is 2. The summed E-state index contributed by atoms with van der Waals surface area (Å²) >= 11 is 0. The Kier molecular flexibility index (Phi) is 2.93. The van der Waals surface area contributed by atoms with Gasteiger partial charge in [0.1, 0.15) is 5.82 Å². The van der Waals surface area contributed by atoms with Crippen LogP contribution in [0.15, 0.2) is 12.3 Å². The zero-order valence-corrected chi connectivity index (χ0v) is 7.59. The van der Waals surface area contributed by atoms with Crippen LogP contribution >= 0.6 is 0 Å². The maximum Gasteiger partial charge on any atom is 0.213 e. The van der Waals surface area contributed by atoms with Gasteiger partial charge in [0, 0.05) is 17.7 Å². The normalized spacial score (nSPS) is 13.4. The average molecular weight is 186 g/mol. The highest BCUT2D eigenvalue weighted by Gasteiger charge is 2.15. The summed E-state index contributed by atoms with van der Waals surface area (Å²) < 4.78 is 25.7. The highest BCUT2D eigenvalue weighted by molar-refractivity contribution is 5.18. The van der Waals surface area contributed by atoms with Gasteiger partial charge in [-0.3, -0.25) is 0 Å². The maximum absolute atomic E-state index is 13.1. The predicted octanol–water partition coefficient (Wildman–Crippen LogP) is 2.02. The average Bonchev–Trinajstić information content (AvgIpc) is 2.08. The smallest absolute Gasteiger partial charge is 0.213 e. The SMILES string of the molecule is CC(C)[C@@H](N)c1cc(F)ncc1F. The van der Waals surface area contributed by atoms with Crippen molar-refractivity contribution in [2.75, 3.05) is 0 Å². The van der Waals surface area contributed by atoms with E-state index < -0.39 is 17.8 Å². The number of rotatable bonds is 2. The van der Waals surface area contributed by atoms with Crippen LogP contribution in [-0.4, -0.2) is 4.98 Å². The lowest BCUT2D eigenvalue weighted by atomic mass is 9.98. The van der Waals surface area contributed by atoms with Crippen molar-refractivity contribution in [2.45, 2.75) is 19.9 Å². The fourth-order valence-electron chi connectivity index (χ4n) is 1.04. The van der Waals surface area contributed by atoms with Crippen LogP contribution in [0, 0.1) is 17.7 Å². The van der Waals surface area contributed by atoms with Crippen molar-refractivity contribution in [3.05, 3.63) is 29.6 Å². The fraction of sp³-hybridized carbons (Fsp3) is 0.444. The molecule has 0 radical (unpaired) electrons. The van der Waals surface area contributed by atoms with Crippen LogP contribution < -0.4 is 5.73 Å². The number of aromatic nitrogens is 1. The Morgan fingerprint density at radius 1 is 1.38 bits per heavy atom. The van der Waals surface area contributed by atoms with Gasteiger partial charge in [-0.1, -0.05) is 13.8 Å². The molecule has 1 aromatic rings. The van der Waals surface area contributed by atoms with Crippen molar-refractivity contribution in [1.29, 1.82) is 0 Å². The molecule has 2 N–H and O–H groups in total. The minimum atomic E-state index is -0.701. The Hall–Kier alpha value is -1.03. The molecule has 1 rings (SSSR count). The van der Waals surface area contributed by atoms with E-state index in [0.717, 1.165) is 12.3 Å². The van der Waals surface area contributed by atoms with Gasteiger partial charge in [0.25, 0.3) is 0 Å². The van der Waals surface area contributed by atoms with Gasteiger partial charge < -0.3 is 5.73 Å². The molecule has 13 heavy (non-hydrogen) atoms. The van der Waals surface area contributed by atoms with Crippen molar-refractivity contribution in [2.24, 2.45) is 11.7 Å². The molecule has 72 valence electrons. The summed E-state index contributed by atoms with van der Waals surface area (Å²) in [6, 6.07) is 0.553. The van der Waals surface area contributed by atoms with Gasteiger partial charge in [0.2, 0.25) is 5.95 Å². The molecular formula is C9H12F2N2. The van der Waals surface area contributed by atoms with Crippen LogP contribution in [0.25, 0.3) is 0 Å². The second kappa shape index (κ2) is 3.79. The summed E-state index contributed by atoms with van der Waals surface area (Å²) in [5.74, 6) is -1.19. The van der Waals surface area contributed by atoms with Crippen LogP contribution in [0.1, 0.15) is 25.5 Å². The van der Waals surface area contributed by atoms with Crippen molar-refractivity contribution < 1.29 is 8.78 Å². The first kappa shape index (κ1) is 10.1. The highest BCUT2D eigenvalue weighted by atomic mass is 19.1. The molecule has 0 aromatic carbocycles.